The molecule has 0 saturated carbocycles. The first kappa shape index (κ1) is 14.0. The SMILES string of the molecule is CC(C)n1ncnc1CC(CCl)c1cccc(F)c1. The summed E-state index contributed by atoms with van der Waals surface area (Å²) in [6, 6.07) is 6.82. The van der Waals surface area contributed by atoms with Crippen LogP contribution in [0.25, 0.3) is 0 Å². The third-order valence-corrected chi connectivity index (χ3v) is 3.44. The molecule has 1 heterocycles. The molecule has 0 aliphatic heterocycles. The van der Waals surface area contributed by atoms with E-state index >= 15 is 0 Å². The zero-order valence-electron chi connectivity index (χ0n) is 11.1. The Labute approximate surface area is 117 Å². The second-order valence-corrected chi connectivity index (χ2v) is 5.13. The van der Waals surface area contributed by atoms with Crippen LogP contribution in [0.1, 0.15) is 37.2 Å². The summed E-state index contributed by atoms with van der Waals surface area (Å²) in [5.41, 5.74) is 0.897. The van der Waals surface area contributed by atoms with E-state index in [1.54, 1.807) is 12.4 Å². The standard InChI is InChI=1S/C14H17ClFN3/c1-10(2)19-14(17-9-18-19)7-12(8-15)11-4-3-5-13(16)6-11/h3-6,9-10,12H,7-8H2,1-2H3. The maximum Gasteiger partial charge on any atom is 0.138 e. The summed E-state index contributed by atoms with van der Waals surface area (Å²) >= 11 is 6.02. The molecule has 0 radical (unpaired) electrons. The number of alkyl halides is 1. The molecule has 1 unspecified atom stereocenters. The number of halogens is 2. The topological polar surface area (TPSA) is 30.7 Å². The summed E-state index contributed by atoms with van der Waals surface area (Å²) in [5.74, 6) is 1.11. The Hall–Kier alpha value is -1.42. The van der Waals surface area contributed by atoms with Gasteiger partial charge in [-0.3, -0.25) is 0 Å². The molecule has 3 nitrogen and oxygen atoms in total. The van der Waals surface area contributed by atoms with Gasteiger partial charge in [0, 0.05) is 24.3 Å². The molecule has 2 rings (SSSR count). The van der Waals surface area contributed by atoms with Gasteiger partial charge < -0.3 is 0 Å². The zero-order valence-corrected chi connectivity index (χ0v) is 11.8. The summed E-state index contributed by atoms with van der Waals surface area (Å²) in [6.45, 7) is 4.10. The van der Waals surface area contributed by atoms with Crippen molar-refractivity contribution in [1.82, 2.24) is 14.8 Å². The Bertz CT molecular complexity index is 539. The van der Waals surface area contributed by atoms with E-state index in [4.69, 9.17) is 11.6 Å². The Kier molecular flexibility index (Phi) is 4.53. The van der Waals surface area contributed by atoms with E-state index in [1.807, 2.05) is 10.7 Å². The van der Waals surface area contributed by atoms with E-state index in [2.05, 4.69) is 23.9 Å². The van der Waals surface area contributed by atoms with Crippen molar-refractivity contribution in [3.63, 3.8) is 0 Å². The van der Waals surface area contributed by atoms with E-state index in [0.717, 1.165) is 11.4 Å². The van der Waals surface area contributed by atoms with E-state index in [0.29, 0.717) is 12.3 Å². The minimum Gasteiger partial charge on any atom is -0.248 e. The van der Waals surface area contributed by atoms with E-state index in [1.165, 1.54) is 12.1 Å². The highest BCUT2D eigenvalue weighted by Crippen LogP contribution is 2.23. The summed E-state index contributed by atoms with van der Waals surface area (Å²) < 4.78 is 15.1. The first-order chi connectivity index (χ1) is 9.11. The smallest absolute Gasteiger partial charge is 0.138 e. The lowest BCUT2D eigenvalue weighted by molar-refractivity contribution is 0.496. The summed E-state index contributed by atoms with van der Waals surface area (Å²) in [6.07, 6.45) is 2.21. The van der Waals surface area contributed by atoms with Crippen LogP contribution in [0, 0.1) is 5.82 Å². The Morgan fingerprint density at radius 1 is 1.37 bits per heavy atom. The molecule has 0 saturated heterocycles. The third-order valence-electron chi connectivity index (χ3n) is 3.07. The molecule has 0 N–H and O–H groups in total. The van der Waals surface area contributed by atoms with E-state index in [-0.39, 0.29) is 17.8 Å². The van der Waals surface area contributed by atoms with Gasteiger partial charge in [0.25, 0.3) is 0 Å². The molecule has 1 aromatic heterocycles. The van der Waals surface area contributed by atoms with E-state index < -0.39 is 0 Å². The van der Waals surface area contributed by atoms with Gasteiger partial charge in [0.05, 0.1) is 0 Å². The summed E-state index contributed by atoms with van der Waals surface area (Å²) in [5, 5.41) is 4.20. The van der Waals surface area contributed by atoms with Gasteiger partial charge in [0.2, 0.25) is 0 Å². The molecule has 0 bridgehead atoms. The number of nitrogens with zero attached hydrogens (tertiary/aromatic N) is 3. The second kappa shape index (κ2) is 6.15. The molecule has 0 aliphatic rings. The van der Waals surface area contributed by atoms with Crippen LogP contribution in [0.2, 0.25) is 0 Å². The van der Waals surface area contributed by atoms with Crippen molar-refractivity contribution in [2.45, 2.75) is 32.2 Å². The van der Waals surface area contributed by atoms with Crippen LogP contribution in [0.3, 0.4) is 0 Å². The van der Waals surface area contributed by atoms with Crippen LogP contribution in [0.5, 0.6) is 0 Å². The number of aromatic nitrogens is 3. The Morgan fingerprint density at radius 3 is 2.79 bits per heavy atom. The third kappa shape index (κ3) is 3.32. The minimum absolute atomic E-state index is 0.0408. The predicted molar refractivity (Wildman–Crippen MR) is 74.0 cm³/mol. The van der Waals surface area contributed by atoms with Gasteiger partial charge >= 0.3 is 0 Å². The number of hydrogen-bond donors (Lipinski definition) is 0. The van der Waals surface area contributed by atoms with Crippen molar-refractivity contribution >= 4 is 11.6 Å². The molecule has 0 fully saturated rings. The lowest BCUT2D eigenvalue weighted by atomic mass is 9.97. The predicted octanol–water partition coefficient (Wildman–Crippen LogP) is 3.56. The molecule has 0 amide bonds. The normalized spacial score (nSPS) is 12.9. The quantitative estimate of drug-likeness (QED) is 0.785. The van der Waals surface area contributed by atoms with Crippen molar-refractivity contribution in [2.75, 3.05) is 5.88 Å². The minimum atomic E-state index is -0.238. The Balaban J connectivity index is 2.22. The number of hydrogen-bond acceptors (Lipinski definition) is 2. The number of benzene rings is 1. The van der Waals surface area contributed by atoms with Crippen LogP contribution < -0.4 is 0 Å². The van der Waals surface area contributed by atoms with Crippen molar-refractivity contribution in [3.8, 4) is 0 Å². The van der Waals surface area contributed by atoms with E-state index in [9.17, 15) is 4.39 Å². The fraction of sp³-hybridized carbons (Fsp3) is 0.429. The van der Waals surface area contributed by atoms with Crippen LogP contribution in [0.4, 0.5) is 4.39 Å². The average molecular weight is 282 g/mol. The number of rotatable bonds is 5. The van der Waals surface area contributed by atoms with Crippen molar-refractivity contribution in [2.24, 2.45) is 0 Å². The van der Waals surface area contributed by atoms with Crippen LogP contribution in [-0.4, -0.2) is 20.6 Å². The molecular weight excluding hydrogens is 265 g/mol. The van der Waals surface area contributed by atoms with Crippen LogP contribution in [0.15, 0.2) is 30.6 Å². The summed E-state index contributed by atoms with van der Waals surface area (Å²) in [7, 11) is 0. The van der Waals surface area contributed by atoms with Gasteiger partial charge in [-0.1, -0.05) is 12.1 Å². The highest BCUT2D eigenvalue weighted by atomic mass is 35.5. The molecule has 1 atom stereocenters. The largest absolute Gasteiger partial charge is 0.248 e. The highest BCUT2D eigenvalue weighted by Gasteiger charge is 2.16. The van der Waals surface area contributed by atoms with Crippen LogP contribution in [-0.2, 0) is 6.42 Å². The molecule has 19 heavy (non-hydrogen) atoms. The van der Waals surface area contributed by atoms with Gasteiger partial charge in [-0.15, -0.1) is 11.6 Å². The zero-order chi connectivity index (χ0) is 13.8. The molecule has 102 valence electrons. The maximum absolute atomic E-state index is 13.3. The Morgan fingerprint density at radius 2 is 2.16 bits per heavy atom. The molecule has 0 spiro atoms. The average Bonchev–Trinajstić information content (AvgIpc) is 2.84. The maximum atomic E-state index is 13.3. The second-order valence-electron chi connectivity index (χ2n) is 4.82. The van der Waals surface area contributed by atoms with Gasteiger partial charge in [-0.2, -0.15) is 5.10 Å². The van der Waals surface area contributed by atoms with Crippen molar-refractivity contribution in [1.29, 1.82) is 0 Å². The fourth-order valence-corrected chi connectivity index (χ4v) is 2.38. The summed E-state index contributed by atoms with van der Waals surface area (Å²) in [4.78, 5) is 4.27. The van der Waals surface area contributed by atoms with Crippen LogP contribution >= 0.6 is 11.6 Å². The fourth-order valence-electron chi connectivity index (χ4n) is 2.09. The van der Waals surface area contributed by atoms with Gasteiger partial charge in [0.15, 0.2) is 0 Å². The van der Waals surface area contributed by atoms with Gasteiger partial charge in [-0.05, 0) is 31.5 Å². The highest BCUT2D eigenvalue weighted by molar-refractivity contribution is 6.18. The monoisotopic (exact) mass is 281 g/mol. The molecule has 5 heteroatoms. The molecular formula is C14H17ClFN3. The van der Waals surface area contributed by atoms with Gasteiger partial charge in [0.1, 0.15) is 18.0 Å². The lowest BCUT2D eigenvalue weighted by Crippen LogP contribution is -2.13. The van der Waals surface area contributed by atoms with Crippen molar-refractivity contribution in [3.05, 3.63) is 47.8 Å². The first-order valence-electron chi connectivity index (χ1n) is 6.31. The molecule has 1 aromatic carbocycles. The molecule has 0 aliphatic carbocycles. The van der Waals surface area contributed by atoms with Gasteiger partial charge in [-0.25, -0.2) is 14.1 Å². The van der Waals surface area contributed by atoms with Crippen molar-refractivity contribution < 1.29 is 4.39 Å². The molecule has 2 aromatic rings. The first-order valence-corrected chi connectivity index (χ1v) is 6.85. The lowest BCUT2D eigenvalue weighted by Gasteiger charge is -2.16.